The van der Waals surface area contributed by atoms with E-state index in [1.165, 1.54) is 38.9 Å². The van der Waals surface area contributed by atoms with Crippen molar-refractivity contribution in [3.8, 4) is 44.5 Å². The number of anilines is 3. The summed E-state index contributed by atoms with van der Waals surface area (Å²) in [5, 5.41) is 2.21. The van der Waals surface area contributed by atoms with Crippen LogP contribution in [0.2, 0.25) is 0 Å². The summed E-state index contributed by atoms with van der Waals surface area (Å²) in [6.45, 7) is 4.70. The van der Waals surface area contributed by atoms with Gasteiger partial charge in [0.15, 0.2) is 5.58 Å². The normalized spacial score (nSPS) is 12.9. The Balaban J connectivity index is 1.29. The van der Waals surface area contributed by atoms with Gasteiger partial charge in [-0.05, 0) is 74.8 Å². The van der Waals surface area contributed by atoms with Crippen LogP contribution in [0.1, 0.15) is 25.0 Å². The van der Waals surface area contributed by atoms with Crippen LogP contribution in [0.3, 0.4) is 0 Å². The zero-order valence-corrected chi connectivity index (χ0v) is 29.8. The van der Waals surface area contributed by atoms with Gasteiger partial charge in [-0.15, -0.1) is 0 Å². The average molecular weight is 680 g/mol. The standard InChI is InChI=1S/C51H37NO/c1-51(2)43-26-12-9-23-41(43)49-39(24-15-27-44(49)51)37-21-10-13-28-45(37)52(47-29-16-25-40-38-22-11-14-30-48(38)53-50(40)47)46-32-31-36(34-17-5-3-6-18-34)33-42(46)35-19-7-4-8-20-35/h3-33H,1-2H3. The van der Waals surface area contributed by atoms with Crippen molar-refractivity contribution in [2.75, 3.05) is 4.90 Å². The molecule has 0 fully saturated rings. The largest absolute Gasteiger partial charge is 0.454 e. The maximum atomic E-state index is 6.80. The molecule has 0 N–H and O–H groups in total. The number of fused-ring (bicyclic) bond motifs is 6. The molecule has 8 aromatic carbocycles. The molecule has 0 aliphatic heterocycles. The molecule has 0 saturated heterocycles. The van der Waals surface area contributed by atoms with Gasteiger partial charge in [0.2, 0.25) is 0 Å². The molecule has 0 saturated carbocycles. The SMILES string of the molecule is CC1(C)c2ccccc2-c2c(-c3ccccc3N(c3ccc(-c4ccccc4)cc3-c3ccccc3)c3cccc4c3oc3ccccc34)cccc21. The van der Waals surface area contributed by atoms with Crippen molar-refractivity contribution in [3.05, 3.63) is 199 Å². The molecule has 0 bridgehead atoms. The smallest absolute Gasteiger partial charge is 0.159 e. The highest BCUT2D eigenvalue weighted by Crippen LogP contribution is 2.55. The van der Waals surface area contributed by atoms with Gasteiger partial charge in [-0.1, -0.05) is 172 Å². The van der Waals surface area contributed by atoms with Crippen LogP contribution in [0.5, 0.6) is 0 Å². The van der Waals surface area contributed by atoms with Crippen molar-refractivity contribution in [1.29, 1.82) is 0 Å². The van der Waals surface area contributed by atoms with Crippen LogP contribution in [0.4, 0.5) is 17.1 Å². The van der Waals surface area contributed by atoms with E-state index in [1.54, 1.807) is 0 Å². The second-order valence-corrected chi connectivity index (χ2v) is 14.5. The second kappa shape index (κ2) is 12.3. The van der Waals surface area contributed by atoms with Crippen molar-refractivity contribution >= 4 is 39.0 Å². The molecule has 1 aliphatic rings. The van der Waals surface area contributed by atoms with Crippen LogP contribution in [0, 0.1) is 0 Å². The summed E-state index contributed by atoms with van der Waals surface area (Å²) in [4.78, 5) is 2.43. The molecule has 1 aliphatic carbocycles. The Kier molecular flexibility index (Phi) is 7.19. The van der Waals surface area contributed by atoms with Gasteiger partial charge in [0.1, 0.15) is 5.58 Å². The molecule has 0 atom stereocenters. The summed E-state index contributed by atoms with van der Waals surface area (Å²) in [7, 11) is 0. The van der Waals surface area contributed by atoms with E-state index in [4.69, 9.17) is 4.42 Å². The molecule has 2 nitrogen and oxygen atoms in total. The molecule has 0 unspecified atom stereocenters. The summed E-state index contributed by atoms with van der Waals surface area (Å²) < 4.78 is 6.80. The van der Waals surface area contributed by atoms with E-state index in [1.807, 2.05) is 6.07 Å². The Hall–Kier alpha value is -6.64. The number of furan rings is 1. The highest BCUT2D eigenvalue weighted by molar-refractivity contribution is 6.12. The van der Waals surface area contributed by atoms with E-state index < -0.39 is 0 Å². The zero-order chi connectivity index (χ0) is 35.5. The lowest BCUT2D eigenvalue weighted by Gasteiger charge is -2.30. The van der Waals surface area contributed by atoms with E-state index in [0.29, 0.717) is 0 Å². The number of para-hydroxylation sites is 3. The number of benzene rings is 8. The van der Waals surface area contributed by atoms with Gasteiger partial charge in [0, 0.05) is 27.3 Å². The van der Waals surface area contributed by atoms with Gasteiger partial charge in [0.05, 0.1) is 17.1 Å². The fourth-order valence-corrected chi connectivity index (χ4v) is 8.56. The maximum absolute atomic E-state index is 6.80. The fraction of sp³-hybridized carbons (Fsp3) is 0.0588. The first-order valence-electron chi connectivity index (χ1n) is 18.4. The topological polar surface area (TPSA) is 16.4 Å². The van der Waals surface area contributed by atoms with Crippen LogP contribution < -0.4 is 4.90 Å². The van der Waals surface area contributed by atoms with E-state index in [0.717, 1.165) is 55.7 Å². The van der Waals surface area contributed by atoms with Gasteiger partial charge in [-0.3, -0.25) is 0 Å². The molecule has 0 radical (unpaired) electrons. The summed E-state index contributed by atoms with van der Waals surface area (Å²) in [6.07, 6.45) is 0. The molecule has 252 valence electrons. The third-order valence-corrected chi connectivity index (χ3v) is 11.1. The Bertz CT molecular complexity index is 2810. The van der Waals surface area contributed by atoms with Gasteiger partial charge < -0.3 is 9.32 Å². The number of hydrogen-bond acceptors (Lipinski definition) is 2. The second-order valence-electron chi connectivity index (χ2n) is 14.5. The zero-order valence-electron chi connectivity index (χ0n) is 29.8. The van der Waals surface area contributed by atoms with Crippen molar-refractivity contribution in [2.45, 2.75) is 19.3 Å². The molecular formula is C51H37NO. The van der Waals surface area contributed by atoms with Crippen LogP contribution in [-0.4, -0.2) is 0 Å². The average Bonchev–Trinajstić information content (AvgIpc) is 3.72. The molecule has 0 spiro atoms. The molecule has 53 heavy (non-hydrogen) atoms. The van der Waals surface area contributed by atoms with Gasteiger partial charge >= 0.3 is 0 Å². The third kappa shape index (κ3) is 4.94. The first-order chi connectivity index (χ1) is 26.1. The highest BCUT2D eigenvalue weighted by Gasteiger charge is 2.37. The quantitative estimate of drug-likeness (QED) is 0.174. The van der Waals surface area contributed by atoms with E-state index >= 15 is 0 Å². The minimum Gasteiger partial charge on any atom is -0.454 e. The Morgan fingerprint density at radius 3 is 1.81 bits per heavy atom. The van der Waals surface area contributed by atoms with Crippen LogP contribution in [0.15, 0.2) is 192 Å². The van der Waals surface area contributed by atoms with Crippen LogP contribution >= 0.6 is 0 Å². The van der Waals surface area contributed by atoms with Gasteiger partial charge in [-0.2, -0.15) is 0 Å². The van der Waals surface area contributed by atoms with Gasteiger partial charge in [0.25, 0.3) is 0 Å². The molecule has 1 aromatic heterocycles. The Morgan fingerprint density at radius 1 is 0.396 bits per heavy atom. The van der Waals surface area contributed by atoms with Crippen LogP contribution in [-0.2, 0) is 5.41 Å². The Morgan fingerprint density at radius 2 is 0.981 bits per heavy atom. The number of hydrogen-bond donors (Lipinski definition) is 0. The number of nitrogens with zero attached hydrogens (tertiary/aromatic N) is 1. The maximum Gasteiger partial charge on any atom is 0.159 e. The lowest BCUT2D eigenvalue weighted by atomic mass is 9.82. The van der Waals surface area contributed by atoms with Crippen molar-refractivity contribution in [3.63, 3.8) is 0 Å². The predicted octanol–water partition coefficient (Wildman–Crippen LogP) is 14.4. The molecule has 9 aromatic rings. The van der Waals surface area contributed by atoms with E-state index in [2.05, 4.69) is 201 Å². The summed E-state index contributed by atoms with van der Waals surface area (Å²) >= 11 is 0. The van der Waals surface area contributed by atoms with Gasteiger partial charge in [-0.25, -0.2) is 0 Å². The Labute approximate surface area is 310 Å². The third-order valence-electron chi connectivity index (χ3n) is 11.1. The first kappa shape index (κ1) is 31.1. The molecule has 10 rings (SSSR count). The highest BCUT2D eigenvalue weighted by atomic mass is 16.3. The summed E-state index contributed by atoms with van der Waals surface area (Å²) in [5.74, 6) is 0. The van der Waals surface area contributed by atoms with Crippen molar-refractivity contribution < 1.29 is 4.42 Å². The van der Waals surface area contributed by atoms with Crippen molar-refractivity contribution in [2.24, 2.45) is 0 Å². The first-order valence-corrected chi connectivity index (χ1v) is 18.4. The predicted molar refractivity (Wildman–Crippen MR) is 222 cm³/mol. The fourth-order valence-electron chi connectivity index (χ4n) is 8.56. The lowest BCUT2D eigenvalue weighted by molar-refractivity contribution is 0.660. The van der Waals surface area contributed by atoms with E-state index in [-0.39, 0.29) is 5.41 Å². The lowest BCUT2D eigenvalue weighted by Crippen LogP contribution is -2.15. The van der Waals surface area contributed by atoms with Crippen molar-refractivity contribution in [1.82, 2.24) is 0 Å². The monoisotopic (exact) mass is 679 g/mol. The summed E-state index contributed by atoms with van der Waals surface area (Å²) in [6, 6.07) is 67.8. The molecule has 2 heteroatoms. The molecule has 1 heterocycles. The van der Waals surface area contributed by atoms with Crippen LogP contribution in [0.25, 0.3) is 66.4 Å². The molecular weight excluding hydrogens is 643 g/mol. The minimum absolute atomic E-state index is 0.107. The number of rotatable bonds is 6. The minimum atomic E-state index is -0.107. The summed E-state index contributed by atoms with van der Waals surface area (Å²) in [5.41, 5.74) is 17.1. The van der Waals surface area contributed by atoms with E-state index in [9.17, 15) is 0 Å². The molecule has 0 amide bonds.